The van der Waals surface area contributed by atoms with E-state index in [0.29, 0.717) is 6.04 Å². The molecule has 1 aliphatic heterocycles. The summed E-state index contributed by atoms with van der Waals surface area (Å²) in [5.41, 5.74) is 2.48. The number of rotatable bonds is 5. The first-order valence-corrected chi connectivity index (χ1v) is 6.42. The van der Waals surface area contributed by atoms with Crippen molar-refractivity contribution < 1.29 is 9.84 Å². The maximum absolute atomic E-state index is 8.83. The maximum Gasteiger partial charge on any atom is 0.0485 e. The molecule has 0 aliphatic carbocycles. The van der Waals surface area contributed by atoms with E-state index in [4.69, 9.17) is 9.84 Å². The molecule has 0 radical (unpaired) electrons. The zero-order valence-electron chi connectivity index (χ0n) is 10.2. The van der Waals surface area contributed by atoms with Gasteiger partial charge in [0.15, 0.2) is 0 Å². The zero-order valence-corrected chi connectivity index (χ0v) is 10.2. The number of aryl methyl sites for hydroxylation is 1. The molecule has 94 valence electrons. The lowest BCUT2D eigenvalue weighted by Gasteiger charge is -2.24. The topological polar surface area (TPSA) is 41.5 Å². The Morgan fingerprint density at radius 2 is 2.12 bits per heavy atom. The van der Waals surface area contributed by atoms with Crippen LogP contribution in [0.1, 0.15) is 24.8 Å². The van der Waals surface area contributed by atoms with Gasteiger partial charge in [0.05, 0.1) is 0 Å². The van der Waals surface area contributed by atoms with Crippen molar-refractivity contribution in [1.82, 2.24) is 0 Å². The highest BCUT2D eigenvalue weighted by Crippen LogP contribution is 2.17. The molecule has 1 fully saturated rings. The largest absolute Gasteiger partial charge is 0.396 e. The van der Waals surface area contributed by atoms with Crippen LogP contribution < -0.4 is 5.32 Å². The minimum absolute atomic E-state index is 0.262. The van der Waals surface area contributed by atoms with Crippen molar-refractivity contribution in [2.45, 2.75) is 31.7 Å². The second-order valence-electron chi connectivity index (χ2n) is 4.56. The van der Waals surface area contributed by atoms with Crippen molar-refractivity contribution in [2.24, 2.45) is 0 Å². The van der Waals surface area contributed by atoms with Crippen LogP contribution in [0.3, 0.4) is 0 Å². The molecule has 0 bridgehead atoms. The Balaban J connectivity index is 1.90. The lowest BCUT2D eigenvalue weighted by Crippen LogP contribution is -2.27. The summed E-state index contributed by atoms with van der Waals surface area (Å²) < 4.78 is 5.35. The first-order valence-electron chi connectivity index (χ1n) is 6.42. The third kappa shape index (κ3) is 4.02. The van der Waals surface area contributed by atoms with Crippen molar-refractivity contribution in [2.75, 3.05) is 25.1 Å². The molecule has 0 aromatic heterocycles. The summed E-state index contributed by atoms with van der Waals surface area (Å²) in [5, 5.41) is 12.4. The van der Waals surface area contributed by atoms with E-state index in [1.807, 2.05) is 0 Å². The molecule has 0 saturated carbocycles. The molecule has 0 unspecified atom stereocenters. The normalized spacial score (nSPS) is 17.0. The molecule has 0 amide bonds. The van der Waals surface area contributed by atoms with E-state index < -0.39 is 0 Å². The minimum Gasteiger partial charge on any atom is -0.396 e. The number of aliphatic hydroxyl groups excluding tert-OH is 1. The molecule has 0 atom stereocenters. The summed E-state index contributed by atoms with van der Waals surface area (Å²) in [7, 11) is 0. The van der Waals surface area contributed by atoms with Crippen LogP contribution in [0.4, 0.5) is 5.69 Å². The van der Waals surface area contributed by atoms with Crippen molar-refractivity contribution in [3.63, 3.8) is 0 Å². The fourth-order valence-electron chi connectivity index (χ4n) is 2.18. The summed E-state index contributed by atoms with van der Waals surface area (Å²) in [6, 6.07) is 9.03. The van der Waals surface area contributed by atoms with E-state index in [0.717, 1.165) is 38.9 Å². The number of benzene rings is 1. The van der Waals surface area contributed by atoms with Crippen LogP contribution >= 0.6 is 0 Å². The van der Waals surface area contributed by atoms with Gasteiger partial charge in [-0.25, -0.2) is 0 Å². The maximum atomic E-state index is 8.83. The highest BCUT2D eigenvalue weighted by atomic mass is 16.5. The average Bonchev–Trinajstić information content (AvgIpc) is 2.38. The molecule has 17 heavy (non-hydrogen) atoms. The average molecular weight is 235 g/mol. The second-order valence-corrected chi connectivity index (χ2v) is 4.56. The Morgan fingerprint density at radius 1 is 1.29 bits per heavy atom. The van der Waals surface area contributed by atoms with E-state index in [1.54, 1.807) is 0 Å². The monoisotopic (exact) mass is 235 g/mol. The van der Waals surface area contributed by atoms with Crippen LogP contribution in [0.5, 0.6) is 0 Å². The van der Waals surface area contributed by atoms with Gasteiger partial charge >= 0.3 is 0 Å². The van der Waals surface area contributed by atoms with Crippen molar-refractivity contribution in [3.8, 4) is 0 Å². The van der Waals surface area contributed by atoms with Crippen molar-refractivity contribution in [3.05, 3.63) is 29.8 Å². The minimum atomic E-state index is 0.262. The van der Waals surface area contributed by atoms with Gasteiger partial charge in [-0.05, 0) is 43.4 Å². The Labute approximate surface area is 103 Å². The van der Waals surface area contributed by atoms with Crippen LogP contribution in [0.2, 0.25) is 0 Å². The fourth-order valence-corrected chi connectivity index (χ4v) is 2.18. The fraction of sp³-hybridized carbons (Fsp3) is 0.571. The molecule has 1 aromatic rings. The quantitative estimate of drug-likeness (QED) is 0.822. The van der Waals surface area contributed by atoms with Crippen LogP contribution in [-0.4, -0.2) is 31.0 Å². The summed E-state index contributed by atoms with van der Waals surface area (Å²) >= 11 is 0. The van der Waals surface area contributed by atoms with Gasteiger partial charge in [-0.2, -0.15) is 0 Å². The predicted molar refractivity (Wildman–Crippen MR) is 69.3 cm³/mol. The Kier molecular flexibility index (Phi) is 4.83. The van der Waals surface area contributed by atoms with E-state index in [-0.39, 0.29) is 6.61 Å². The molecular formula is C14H21NO2. The first kappa shape index (κ1) is 12.4. The summed E-state index contributed by atoms with van der Waals surface area (Å²) in [6.45, 7) is 1.99. The molecule has 2 rings (SSSR count). The predicted octanol–water partition coefficient (Wildman–Crippen LogP) is 2.20. The SMILES string of the molecule is OCCCc1cccc(NC2CCOCC2)c1. The number of anilines is 1. The number of nitrogens with one attached hydrogen (secondary N) is 1. The molecule has 1 aliphatic rings. The first-order chi connectivity index (χ1) is 8.38. The second kappa shape index (κ2) is 6.62. The van der Waals surface area contributed by atoms with Crippen LogP contribution in [0, 0.1) is 0 Å². The van der Waals surface area contributed by atoms with Crippen LogP contribution in [0.25, 0.3) is 0 Å². The number of hydrogen-bond donors (Lipinski definition) is 2. The van der Waals surface area contributed by atoms with E-state index in [2.05, 4.69) is 29.6 Å². The van der Waals surface area contributed by atoms with Gasteiger partial charge in [-0.1, -0.05) is 12.1 Å². The van der Waals surface area contributed by atoms with Gasteiger partial charge in [-0.15, -0.1) is 0 Å². The molecule has 1 aromatic carbocycles. The zero-order chi connectivity index (χ0) is 11.9. The Hall–Kier alpha value is -1.06. The van der Waals surface area contributed by atoms with Crippen molar-refractivity contribution in [1.29, 1.82) is 0 Å². The molecule has 3 heteroatoms. The number of ether oxygens (including phenoxy) is 1. The molecule has 1 saturated heterocycles. The smallest absolute Gasteiger partial charge is 0.0485 e. The summed E-state index contributed by atoms with van der Waals surface area (Å²) in [5.74, 6) is 0. The van der Waals surface area contributed by atoms with Gasteiger partial charge in [0, 0.05) is 31.5 Å². The van der Waals surface area contributed by atoms with E-state index in [9.17, 15) is 0 Å². The lowest BCUT2D eigenvalue weighted by molar-refractivity contribution is 0.0904. The van der Waals surface area contributed by atoms with Gasteiger partial charge in [-0.3, -0.25) is 0 Å². The standard InChI is InChI=1S/C14H21NO2/c16-8-2-4-12-3-1-5-14(11-12)15-13-6-9-17-10-7-13/h1,3,5,11,13,15-16H,2,4,6-10H2. The van der Waals surface area contributed by atoms with E-state index >= 15 is 0 Å². The van der Waals surface area contributed by atoms with Gasteiger partial charge < -0.3 is 15.2 Å². The summed E-state index contributed by atoms with van der Waals surface area (Å²) in [6.07, 6.45) is 3.95. The molecule has 0 spiro atoms. The van der Waals surface area contributed by atoms with E-state index in [1.165, 1.54) is 11.3 Å². The van der Waals surface area contributed by atoms with Crippen LogP contribution in [-0.2, 0) is 11.2 Å². The highest BCUT2D eigenvalue weighted by molar-refractivity contribution is 5.46. The Bertz CT molecular complexity index is 335. The third-order valence-corrected chi connectivity index (χ3v) is 3.14. The third-order valence-electron chi connectivity index (χ3n) is 3.14. The van der Waals surface area contributed by atoms with Gasteiger partial charge in [0.1, 0.15) is 0 Å². The Morgan fingerprint density at radius 3 is 2.88 bits per heavy atom. The summed E-state index contributed by atoms with van der Waals surface area (Å²) in [4.78, 5) is 0. The van der Waals surface area contributed by atoms with Crippen molar-refractivity contribution >= 4 is 5.69 Å². The molecule has 2 N–H and O–H groups in total. The van der Waals surface area contributed by atoms with Crippen LogP contribution in [0.15, 0.2) is 24.3 Å². The van der Waals surface area contributed by atoms with Gasteiger partial charge in [0.2, 0.25) is 0 Å². The lowest BCUT2D eigenvalue weighted by atomic mass is 10.1. The molecular weight excluding hydrogens is 214 g/mol. The van der Waals surface area contributed by atoms with Gasteiger partial charge in [0.25, 0.3) is 0 Å². The number of aliphatic hydroxyl groups is 1. The highest BCUT2D eigenvalue weighted by Gasteiger charge is 2.13. The number of hydrogen-bond acceptors (Lipinski definition) is 3. The molecule has 1 heterocycles. The molecule has 3 nitrogen and oxygen atoms in total.